The minimum atomic E-state index is -0.105. The van der Waals surface area contributed by atoms with E-state index in [4.69, 9.17) is 0 Å². The zero-order chi connectivity index (χ0) is 14.8. The highest BCUT2D eigenvalue weighted by Gasteiger charge is 2.24. The van der Waals surface area contributed by atoms with E-state index >= 15 is 0 Å². The number of hydrogen-bond donors (Lipinski definition) is 0. The van der Waals surface area contributed by atoms with Crippen molar-refractivity contribution in [2.24, 2.45) is 0 Å². The molecule has 4 heteroatoms. The van der Waals surface area contributed by atoms with Gasteiger partial charge in [-0.05, 0) is 12.1 Å². The normalized spacial score (nSPS) is 12.4. The predicted molar refractivity (Wildman–Crippen MR) is 79.5 cm³/mol. The van der Waals surface area contributed by atoms with Crippen LogP contribution < -0.4 is 0 Å². The summed E-state index contributed by atoms with van der Waals surface area (Å²) in [7, 11) is 0. The first-order valence-corrected chi connectivity index (χ1v) is 6.89. The second kappa shape index (κ2) is 5.27. The van der Waals surface area contributed by atoms with Crippen molar-refractivity contribution >= 4 is 0 Å². The number of hydrogen-bond acceptors (Lipinski definition) is 4. The van der Waals surface area contributed by atoms with Gasteiger partial charge >= 0.3 is 0 Å². The van der Waals surface area contributed by atoms with Crippen molar-refractivity contribution < 1.29 is 0 Å². The minimum absolute atomic E-state index is 0.0337. The van der Waals surface area contributed by atoms with E-state index in [1.807, 2.05) is 24.5 Å². The van der Waals surface area contributed by atoms with Crippen LogP contribution >= 0.6 is 0 Å². The van der Waals surface area contributed by atoms with Gasteiger partial charge in [0.2, 0.25) is 0 Å². The van der Waals surface area contributed by atoms with Crippen LogP contribution in [0, 0.1) is 0 Å². The van der Waals surface area contributed by atoms with Gasteiger partial charge in [-0.25, -0.2) is 0 Å². The van der Waals surface area contributed by atoms with Crippen LogP contribution in [0.1, 0.15) is 51.7 Å². The maximum Gasteiger partial charge on any atom is 0.0691 e. The van der Waals surface area contributed by atoms with Gasteiger partial charge in [-0.2, -0.15) is 10.2 Å². The molecule has 2 heterocycles. The van der Waals surface area contributed by atoms with Gasteiger partial charge in [0.05, 0.1) is 17.1 Å². The molecule has 20 heavy (non-hydrogen) atoms. The van der Waals surface area contributed by atoms with Crippen LogP contribution in [0.25, 0.3) is 0 Å². The van der Waals surface area contributed by atoms with Crippen LogP contribution in [0.5, 0.6) is 0 Å². The fraction of sp³-hybridized carbons (Fsp3) is 0.500. The molecule has 0 amide bonds. The third kappa shape index (κ3) is 3.38. The molecule has 4 nitrogen and oxygen atoms in total. The van der Waals surface area contributed by atoms with E-state index in [0.717, 1.165) is 23.5 Å². The van der Waals surface area contributed by atoms with Crippen molar-refractivity contribution in [1.29, 1.82) is 0 Å². The van der Waals surface area contributed by atoms with Gasteiger partial charge in [0.25, 0.3) is 0 Å². The fourth-order valence-electron chi connectivity index (χ4n) is 2.04. The van der Waals surface area contributed by atoms with Crippen molar-refractivity contribution in [3.8, 4) is 0 Å². The van der Waals surface area contributed by atoms with Crippen LogP contribution in [0.3, 0.4) is 0 Å². The molecule has 0 aromatic carbocycles. The van der Waals surface area contributed by atoms with Gasteiger partial charge in [-0.3, -0.25) is 9.97 Å². The van der Waals surface area contributed by atoms with E-state index in [1.165, 1.54) is 0 Å². The Labute approximate surface area is 120 Å². The lowest BCUT2D eigenvalue weighted by Crippen LogP contribution is -2.23. The molecule has 0 fully saturated rings. The van der Waals surface area contributed by atoms with Crippen molar-refractivity contribution in [1.82, 2.24) is 20.2 Å². The standard InChI is InChI=1S/C16H22N4/c1-15(2,3)14-11-17-12(10-18-14)9-16(4,5)13-7-6-8-19-20-13/h6-8,10-11H,9H2,1-5H3. The van der Waals surface area contributed by atoms with E-state index in [-0.39, 0.29) is 10.8 Å². The summed E-state index contributed by atoms with van der Waals surface area (Å²) in [6.45, 7) is 10.7. The van der Waals surface area contributed by atoms with Gasteiger partial charge in [0.15, 0.2) is 0 Å². The molecule has 0 radical (unpaired) electrons. The van der Waals surface area contributed by atoms with Crippen LogP contribution in [0.15, 0.2) is 30.7 Å². The highest BCUT2D eigenvalue weighted by atomic mass is 15.1. The molecule has 0 aliphatic rings. The molecule has 0 saturated heterocycles. The molecule has 2 aromatic heterocycles. The second-order valence-corrected chi connectivity index (χ2v) is 6.81. The van der Waals surface area contributed by atoms with Gasteiger partial charge in [0.1, 0.15) is 0 Å². The molecular formula is C16H22N4. The zero-order valence-electron chi connectivity index (χ0n) is 12.9. The average molecular weight is 270 g/mol. The summed E-state index contributed by atoms with van der Waals surface area (Å²) in [5, 5.41) is 8.16. The van der Waals surface area contributed by atoms with Gasteiger partial charge in [0, 0.05) is 35.8 Å². The Bertz CT molecular complexity index is 553. The topological polar surface area (TPSA) is 51.6 Å². The Morgan fingerprint density at radius 3 is 2.20 bits per heavy atom. The SMILES string of the molecule is CC(C)(C)c1cnc(CC(C)(C)c2cccnn2)cn1. The largest absolute Gasteiger partial charge is 0.258 e. The quantitative estimate of drug-likeness (QED) is 0.860. The van der Waals surface area contributed by atoms with Gasteiger partial charge < -0.3 is 0 Å². The lowest BCUT2D eigenvalue weighted by atomic mass is 9.84. The molecule has 0 aliphatic carbocycles. The van der Waals surface area contributed by atoms with E-state index < -0.39 is 0 Å². The molecule has 0 N–H and O–H groups in total. The molecule has 0 saturated carbocycles. The Hall–Kier alpha value is -1.84. The summed E-state index contributed by atoms with van der Waals surface area (Å²) < 4.78 is 0. The monoisotopic (exact) mass is 270 g/mol. The Balaban J connectivity index is 2.18. The summed E-state index contributed by atoms with van der Waals surface area (Å²) >= 11 is 0. The van der Waals surface area contributed by atoms with Crippen molar-refractivity contribution in [2.75, 3.05) is 0 Å². The van der Waals surface area contributed by atoms with Crippen LogP contribution in [0.2, 0.25) is 0 Å². The second-order valence-electron chi connectivity index (χ2n) is 6.81. The minimum Gasteiger partial charge on any atom is -0.258 e. The van der Waals surface area contributed by atoms with Gasteiger partial charge in [-0.15, -0.1) is 0 Å². The summed E-state index contributed by atoms with van der Waals surface area (Å²) in [5.74, 6) is 0. The summed E-state index contributed by atoms with van der Waals surface area (Å²) in [6, 6.07) is 3.92. The molecule has 0 aliphatic heterocycles. The first kappa shape index (κ1) is 14.6. The number of aromatic nitrogens is 4. The van der Waals surface area contributed by atoms with Crippen LogP contribution in [0.4, 0.5) is 0 Å². The molecule has 2 aromatic rings. The number of rotatable bonds is 3. The Morgan fingerprint density at radius 1 is 0.950 bits per heavy atom. The van der Waals surface area contributed by atoms with Crippen molar-refractivity contribution in [2.45, 2.75) is 51.9 Å². The smallest absolute Gasteiger partial charge is 0.0691 e. The molecule has 0 bridgehead atoms. The highest BCUT2D eigenvalue weighted by Crippen LogP contribution is 2.25. The van der Waals surface area contributed by atoms with E-state index in [2.05, 4.69) is 54.8 Å². The Kier molecular flexibility index (Phi) is 3.84. The third-order valence-corrected chi connectivity index (χ3v) is 3.36. The lowest BCUT2D eigenvalue weighted by molar-refractivity contribution is 0.488. The van der Waals surface area contributed by atoms with E-state index in [0.29, 0.717) is 0 Å². The molecule has 106 valence electrons. The molecular weight excluding hydrogens is 248 g/mol. The maximum absolute atomic E-state index is 4.55. The van der Waals surface area contributed by atoms with Crippen molar-refractivity contribution in [3.63, 3.8) is 0 Å². The molecule has 0 atom stereocenters. The van der Waals surface area contributed by atoms with Gasteiger partial charge in [-0.1, -0.05) is 34.6 Å². The van der Waals surface area contributed by atoms with E-state index in [9.17, 15) is 0 Å². The third-order valence-electron chi connectivity index (χ3n) is 3.36. The first-order chi connectivity index (χ1) is 9.29. The molecule has 2 rings (SSSR count). The molecule has 0 unspecified atom stereocenters. The number of nitrogens with zero attached hydrogens (tertiary/aromatic N) is 4. The molecule has 0 spiro atoms. The zero-order valence-corrected chi connectivity index (χ0v) is 12.9. The summed E-state index contributed by atoms with van der Waals surface area (Å²) in [6.07, 6.45) is 6.24. The first-order valence-electron chi connectivity index (χ1n) is 6.89. The van der Waals surface area contributed by atoms with E-state index in [1.54, 1.807) is 6.20 Å². The summed E-state index contributed by atoms with van der Waals surface area (Å²) in [5.41, 5.74) is 2.90. The highest BCUT2D eigenvalue weighted by molar-refractivity contribution is 5.18. The van der Waals surface area contributed by atoms with Crippen molar-refractivity contribution in [3.05, 3.63) is 47.8 Å². The maximum atomic E-state index is 4.55. The fourth-order valence-corrected chi connectivity index (χ4v) is 2.04. The average Bonchev–Trinajstić information content (AvgIpc) is 2.39. The van der Waals surface area contributed by atoms with Crippen LogP contribution in [-0.2, 0) is 17.3 Å². The predicted octanol–water partition coefficient (Wildman–Crippen LogP) is 3.08. The summed E-state index contributed by atoms with van der Waals surface area (Å²) in [4.78, 5) is 9.07. The lowest BCUT2D eigenvalue weighted by Gasteiger charge is -2.23. The Morgan fingerprint density at radius 2 is 1.70 bits per heavy atom. The van der Waals surface area contributed by atoms with Crippen LogP contribution in [-0.4, -0.2) is 20.2 Å².